The molecule has 1 unspecified atom stereocenters. The Morgan fingerprint density at radius 3 is 2.72 bits per heavy atom. The van der Waals surface area contributed by atoms with Gasteiger partial charge in [0.05, 0.1) is 6.04 Å². The van der Waals surface area contributed by atoms with Crippen LogP contribution in [0.2, 0.25) is 0 Å². The second-order valence-electron chi connectivity index (χ2n) is 4.32. The molecular weight excluding hydrogens is 247 g/mol. The average molecular weight is 264 g/mol. The second-order valence-corrected chi connectivity index (χ2v) is 5.21. The SMILES string of the molecule is CCNC(c1nc(C)cs1)c1ccc(F)cc1C. The fourth-order valence-electron chi connectivity index (χ4n) is 2.00. The van der Waals surface area contributed by atoms with Crippen molar-refractivity contribution in [1.82, 2.24) is 10.3 Å². The van der Waals surface area contributed by atoms with Gasteiger partial charge in [0, 0.05) is 11.1 Å². The lowest BCUT2D eigenvalue weighted by Gasteiger charge is -2.18. The van der Waals surface area contributed by atoms with Crippen molar-refractivity contribution in [2.45, 2.75) is 26.8 Å². The number of nitrogens with one attached hydrogen (secondary N) is 1. The first kappa shape index (κ1) is 13.2. The van der Waals surface area contributed by atoms with Crippen LogP contribution in [0.3, 0.4) is 0 Å². The van der Waals surface area contributed by atoms with Crippen LogP contribution in [0.4, 0.5) is 4.39 Å². The highest BCUT2D eigenvalue weighted by Gasteiger charge is 2.18. The zero-order valence-corrected chi connectivity index (χ0v) is 11.6. The van der Waals surface area contributed by atoms with E-state index in [0.29, 0.717) is 0 Å². The van der Waals surface area contributed by atoms with Crippen LogP contribution in [-0.2, 0) is 0 Å². The monoisotopic (exact) mass is 264 g/mol. The van der Waals surface area contributed by atoms with Crippen LogP contribution in [0.15, 0.2) is 23.6 Å². The number of rotatable bonds is 4. The summed E-state index contributed by atoms with van der Waals surface area (Å²) in [4.78, 5) is 4.53. The summed E-state index contributed by atoms with van der Waals surface area (Å²) >= 11 is 1.64. The molecule has 2 nitrogen and oxygen atoms in total. The molecule has 0 fully saturated rings. The molecule has 1 heterocycles. The Bertz CT molecular complexity index is 536. The summed E-state index contributed by atoms with van der Waals surface area (Å²) in [6.45, 7) is 6.83. The van der Waals surface area contributed by atoms with E-state index in [0.717, 1.165) is 28.4 Å². The Hall–Kier alpha value is -1.26. The van der Waals surface area contributed by atoms with Gasteiger partial charge in [-0.15, -0.1) is 11.3 Å². The van der Waals surface area contributed by atoms with Crippen LogP contribution in [0.25, 0.3) is 0 Å². The molecule has 0 saturated carbocycles. The number of aromatic nitrogens is 1. The Morgan fingerprint density at radius 2 is 2.17 bits per heavy atom. The molecule has 0 amide bonds. The highest BCUT2D eigenvalue weighted by atomic mass is 32.1. The van der Waals surface area contributed by atoms with Crippen molar-refractivity contribution in [2.24, 2.45) is 0 Å². The highest BCUT2D eigenvalue weighted by molar-refractivity contribution is 7.09. The van der Waals surface area contributed by atoms with Crippen LogP contribution in [-0.4, -0.2) is 11.5 Å². The molecule has 0 bridgehead atoms. The number of benzene rings is 1. The van der Waals surface area contributed by atoms with Gasteiger partial charge in [0.2, 0.25) is 0 Å². The molecule has 96 valence electrons. The number of aryl methyl sites for hydroxylation is 2. The normalized spacial score (nSPS) is 12.7. The van der Waals surface area contributed by atoms with Crippen LogP contribution >= 0.6 is 11.3 Å². The maximum atomic E-state index is 13.2. The molecule has 1 atom stereocenters. The van der Waals surface area contributed by atoms with E-state index in [9.17, 15) is 4.39 Å². The van der Waals surface area contributed by atoms with Crippen molar-refractivity contribution in [3.8, 4) is 0 Å². The molecule has 4 heteroatoms. The van der Waals surface area contributed by atoms with Gasteiger partial charge in [0.1, 0.15) is 10.8 Å². The molecule has 0 spiro atoms. The maximum absolute atomic E-state index is 13.2. The molecule has 1 aromatic carbocycles. The summed E-state index contributed by atoms with van der Waals surface area (Å²) in [6.07, 6.45) is 0. The van der Waals surface area contributed by atoms with Gasteiger partial charge >= 0.3 is 0 Å². The second kappa shape index (κ2) is 5.59. The molecule has 1 N–H and O–H groups in total. The average Bonchev–Trinajstić information content (AvgIpc) is 2.73. The third-order valence-electron chi connectivity index (χ3n) is 2.83. The Labute approximate surface area is 111 Å². The number of hydrogen-bond donors (Lipinski definition) is 1. The fourth-order valence-corrected chi connectivity index (χ4v) is 2.89. The van der Waals surface area contributed by atoms with E-state index in [1.54, 1.807) is 17.4 Å². The predicted molar refractivity (Wildman–Crippen MR) is 73.5 cm³/mol. The maximum Gasteiger partial charge on any atom is 0.123 e. The van der Waals surface area contributed by atoms with Crippen molar-refractivity contribution in [3.05, 3.63) is 51.2 Å². The molecule has 1 aromatic heterocycles. The molecule has 2 rings (SSSR count). The van der Waals surface area contributed by atoms with Gasteiger partial charge in [0.15, 0.2) is 0 Å². The van der Waals surface area contributed by atoms with Crippen LogP contribution in [0.1, 0.15) is 34.8 Å². The lowest BCUT2D eigenvalue weighted by Crippen LogP contribution is -2.22. The Balaban J connectivity index is 2.41. The number of halogens is 1. The minimum Gasteiger partial charge on any atom is -0.305 e. The van der Waals surface area contributed by atoms with Crippen molar-refractivity contribution in [3.63, 3.8) is 0 Å². The van der Waals surface area contributed by atoms with Gasteiger partial charge in [-0.25, -0.2) is 9.37 Å². The molecule has 0 radical (unpaired) electrons. The van der Waals surface area contributed by atoms with Crippen LogP contribution in [0, 0.1) is 19.7 Å². The molecule has 0 aliphatic carbocycles. The van der Waals surface area contributed by atoms with Crippen molar-refractivity contribution in [1.29, 1.82) is 0 Å². The van der Waals surface area contributed by atoms with Gasteiger partial charge in [-0.1, -0.05) is 13.0 Å². The summed E-state index contributed by atoms with van der Waals surface area (Å²) < 4.78 is 13.2. The first-order valence-corrected chi connectivity index (χ1v) is 6.91. The number of hydrogen-bond acceptors (Lipinski definition) is 3. The summed E-state index contributed by atoms with van der Waals surface area (Å²) in [5, 5.41) is 6.49. The number of nitrogens with zero attached hydrogens (tertiary/aromatic N) is 1. The lowest BCUT2D eigenvalue weighted by atomic mass is 10.0. The summed E-state index contributed by atoms with van der Waals surface area (Å²) in [6, 6.07) is 4.97. The molecule has 0 aliphatic rings. The summed E-state index contributed by atoms with van der Waals surface area (Å²) in [5.41, 5.74) is 3.07. The van der Waals surface area contributed by atoms with Gasteiger partial charge in [-0.3, -0.25) is 0 Å². The minimum absolute atomic E-state index is 0.0503. The summed E-state index contributed by atoms with van der Waals surface area (Å²) in [7, 11) is 0. The van der Waals surface area contributed by atoms with Crippen LogP contribution in [0.5, 0.6) is 0 Å². The fraction of sp³-hybridized carbons (Fsp3) is 0.357. The molecular formula is C14H17FN2S. The van der Waals surface area contributed by atoms with Crippen LogP contribution < -0.4 is 5.32 Å². The van der Waals surface area contributed by atoms with E-state index in [-0.39, 0.29) is 11.9 Å². The lowest BCUT2D eigenvalue weighted by molar-refractivity contribution is 0.608. The first-order chi connectivity index (χ1) is 8.61. The highest BCUT2D eigenvalue weighted by Crippen LogP contribution is 2.27. The smallest absolute Gasteiger partial charge is 0.123 e. The molecule has 0 aliphatic heterocycles. The molecule has 0 saturated heterocycles. The third kappa shape index (κ3) is 2.76. The van der Waals surface area contributed by atoms with E-state index >= 15 is 0 Å². The first-order valence-electron chi connectivity index (χ1n) is 6.03. The minimum atomic E-state index is -0.193. The third-order valence-corrected chi connectivity index (χ3v) is 3.86. The van der Waals surface area contributed by atoms with E-state index in [1.165, 1.54) is 6.07 Å². The van der Waals surface area contributed by atoms with Gasteiger partial charge < -0.3 is 5.32 Å². The summed E-state index contributed by atoms with van der Waals surface area (Å²) in [5.74, 6) is -0.193. The van der Waals surface area contributed by atoms with Crippen molar-refractivity contribution < 1.29 is 4.39 Å². The molecule has 18 heavy (non-hydrogen) atoms. The number of thiazole rings is 1. The van der Waals surface area contributed by atoms with E-state index in [4.69, 9.17) is 0 Å². The van der Waals surface area contributed by atoms with Crippen molar-refractivity contribution in [2.75, 3.05) is 6.54 Å². The topological polar surface area (TPSA) is 24.9 Å². The quantitative estimate of drug-likeness (QED) is 0.912. The standard InChI is InChI=1S/C14H17FN2S/c1-4-16-13(14-17-10(3)8-18-14)12-6-5-11(15)7-9(12)2/h5-8,13,16H,4H2,1-3H3. The van der Waals surface area contributed by atoms with E-state index in [1.807, 2.05) is 25.3 Å². The van der Waals surface area contributed by atoms with Crippen molar-refractivity contribution >= 4 is 11.3 Å². The van der Waals surface area contributed by atoms with E-state index in [2.05, 4.69) is 17.2 Å². The van der Waals surface area contributed by atoms with E-state index < -0.39 is 0 Å². The largest absolute Gasteiger partial charge is 0.305 e. The Morgan fingerprint density at radius 1 is 1.39 bits per heavy atom. The van der Waals surface area contributed by atoms with Gasteiger partial charge in [-0.05, 0) is 43.7 Å². The Kier molecular flexibility index (Phi) is 4.09. The molecule has 2 aromatic rings. The zero-order valence-electron chi connectivity index (χ0n) is 10.8. The van der Waals surface area contributed by atoms with Gasteiger partial charge in [0.25, 0.3) is 0 Å². The predicted octanol–water partition coefficient (Wildman–Crippen LogP) is 3.60. The van der Waals surface area contributed by atoms with Gasteiger partial charge in [-0.2, -0.15) is 0 Å². The zero-order chi connectivity index (χ0) is 13.1.